The Morgan fingerprint density at radius 1 is 0.929 bits per heavy atom. The van der Waals surface area contributed by atoms with E-state index in [0.717, 1.165) is 16.7 Å². The van der Waals surface area contributed by atoms with E-state index in [1.54, 1.807) is 12.1 Å². The van der Waals surface area contributed by atoms with E-state index in [0.29, 0.717) is 11.4 Å². The molecule has 0 radical (unpaired) electrons. The van der Waals surface area contributed by atoms with E-state index in [1.165, 1.54) is 12.1 Å². The third-order valence-corrected chi connectivity index (χ3v) is 4.50. The second kappa shape index (κ2) is 7.62. The fraction of sp³-hybridized carbons (Fsp3) is 0.409. The quantitative estimate of drug-likeness (QED) is 0.341. The first-order valence-electron chi connectivity index (χ1n) is 9.17. The Hall–Kier alpha value is -2.89. The molecule has 0 unspecified atom stereocenters. The highest BCUT2D eigenvalue weighted by Crippen LogP contribution is 2.39. The van der Waals surface area contributed by atoms with Gasteiger partial charge in [-0.1, -0.05) is 41.5 Å². The van der Waals surface area contributed by atoms with E-state index >= 15 is 0 Å². The van der Waals surface area contributed by atoms with Crippen LogP contribution in [0.5, 0.6) is 0 Å². The van der Waals surface area contributed by atoms with Gasteiger partial charge in [-0.05, 0) is 47.6 Å². The third-order valence-electron chi connectivity index (χ3n) is 4.50. The maximum absolute atomic E-state index is 13.0. The predicted molar refractivity (Wildman–Crippen MR) is 110 cm³/mol. The van der Waals surface area contributed by atoms with Crippen molar-refractivity contribution in [2.75, 3.05) is 0 Å². The molecule has 148 valence electrons. The highest BCUT2D eigenvalue weighted by Gasteiger charge is 2.34. The van der Waals surface area contributed by atoms with Crippen molar-refractivity contribution >= 4 is 17.2 Å². The van der Waals surface area contributed by atoms with Crippen molar-refractivity contribution in [3.05, 3.63) is 68.9 Å². The van der Waals surface area contributed by atoms with Gasteiger partial charge in [-0.15, -0.1) is 0 Å². The Bertz CT molecular complexity index is 883. The van der Waals surface area contributed by atoms with Crippen LogP contribution < -0.4 is 0 Å². The zero-order valence-electron chi connectivity index (χ0n) is 17.5. The highest BCUT2D eigenvalue weighted by atomic mass is 16.6. The molecule has 0 aromatic heterocycles. The summed E-state index contributed by atoms with van der Waals surface area (Å²) in [5.74, 6) is 0.0730. The van der Waals surface area contributed by atoms with Crippen molar-refractivity contribution in [1.29, 1.82) is 0 Å². The van der Waals surface area contributed by atoms with Crippen molar-refractivity contribution in [2.24, 2.45) is 21.1 Å². The molecule has 1 aromatic carbocycles. The number of ketones is 1. The van der Waals surface area contributed by atoms with Gasteiger partial charge in [0.1, 0.15) is 0 Å². The summed E-state index contributed by atoms with van der Waals surface area (Å²) in [7, 11) is 0. The zero-order valence-corrected chi connectivity index (χ0v) is 17.5. The van der Waals surface area contributed by atoms with Gasteiger partial charge in [0.25, 0.3) is 5.69 Å². The van der Waals surface area contributed by atoms with Crippen LogP contribution in [-0.2, 0) is 4.79 Å². The molecular weight excluding hydrogens is 354 g/mol. The Kier molecular flexibility index (Phi) is 5.83. The number of hydrogen-bond acceptors (Lipinski definition) is 5. The number of nitro benzene ring substituents is 1. The van der Waals surface area contributed by atoms with Crippen LogP contribution >= 0.6 is 0 Å². The molecule has 0 fully saturated rings. The molecule has 0 aliphatic heterocycles. The lowest BCUT2D eigenvalue weighted by atomic mass is 9.72. The van der Waals surface area contributed by atoms with Gasteiger partial charge < -0.3 is 0 Å². The summed E-state index contributed by atoms with van der Waals surface area (Å²) < 4.78 is 0. The molecule has 2 rings (SSSR count). The number of hydrogen-bond donors (Lipinski definition) is 0. The van der Waals surface area contributed by atoms with Crippen LogP contribution in [0, 0.1) is 20.9 Å². The van der Waals surface area contributed by atoms with Gasteiger partial charge in [-0.25, -0.2) is 0 Å². The molecule has 1 aliphatic carbocycles. The number of allylic oxidation sites excluding steroid dienone is 6. The Morgan fingerprint density at radius 3 is 1.79 bits per heavy atom. The number of nitro groups is 1. The molecule has 1 aromatic rings. The van der Waals surface area contributed by atoms with Gasteiger partial charge in [0.05, 0.1) is 16.3 Å². The van der Waals surface area contributed by atoms with Crippen molar-refractivity contribution < 1.29 is 9.72 Å². The molecule has 0 saturated heterocycles. The van der Waals surface area contributed by atoms with Crippen LogP contribution in [0.25, 0.3) is 0 Å². The molecule has 0 atom stereocenters. The highest BCUT2D eigenvalue weighted by molar-refractivity contribution is 6.11. The Morgan fingerprint density at radius 2 is 1.39 bits per heavy atom. The van der Waals surface area contributed by atoms with Gasteiger partial charge in [0.2, 0.25) is 0 Å². The summed E-state index contributed by atoms with van der Waals surface area (Å²) >= 11 is 0. The molecule has 0 N–H and O–H groups in total. The van der Waals surface area contributed by atoms with E-state index in [-0.39, 0.29) is 22.3 Å². The maximum Gasteiger partial charge on any atom is 0.269 e. The lowest BCUT2D eigenvalue weighted by molar-refractivity contribution is -0.384. The molecule has 0 bridgehead atoms. The number of carbonyl (C=O) groups is 1. The lowest BCUT2D eigenvalue weighted by Crippen LogP contribution is -2.28. The SMILES string of the molecule is CC(N=Nc1ccc([N+](=O)[O-])cc1)=C1C=C(C(C)(C)C)C(=O)C(C(C)(C)C)=C1. The number of rotatable bonds is 3. The zero-order chi connectivity index (χ0) is 21.3. The summed E-state index contributed by atoms with van der Waals surface area (Å²) in [6.45, 7) is 14.0. The number of carbonyl (C=O) groups excluding carboxylic acids is 1. The Labute approximate surface area is 165 Å². The monoisotopic (exact) mass is 381 g/mol. The number of azo groups is 1. The normalized spacial score (nSPS) is 15.5. The summed E-state index contributed by atoms with van der Waals surface area (Å²) in [6.07, 6.45) is 3.78. The van der Waals surface area contributed by atoms with Gasteiger partial charge >= 0.3 is 0 Å². The van der Waals surface area contributed by atoms with E-state index in [1.807, 2.05) is 60.6 Å². The standard InChI is InChI=1S/C22H27N3O3/c1-14(23-24-16-8-10-17(11-9-16)25(27)28)15-12-18(21(2,3)4)20(26)19(13-15)22(5,6)7/h8-13H,1-7H3. The average Bonchev–Trinajstić information content (AvgIpc) is 2.58. The topological polar surface area (TPSA) is 84.9 Å². The van der Waals surface area contributed by atoms with Crippen LogP contribution in [-0.4, -0.2) is 10.7 Å². The number of non-ortho nitro benzene ring substituents is 1. The number of Topliss-reactive ketones (excluding diaryl/α,β-unsaturated/α-hetero) is 1. The number of nitrogens with zero attached hydrogens (tertiary/aromatic N) is 3. The molecule has 28 heavy (non-hydrogen) atoms. The average molecular weight is 381 g/mol. The van der Waals surface area contributed by atoms with Crippen molar-refractivity contribution in [2.45, 2.75) is 48.5 Å². The van der Waals surface area contributed by atoms with E-state index in [4.69, 9.17) is 0 Å². The second-order valence-electron chi connectivity index (χ2n) is 8.96. The minimum atomic E-state index is -0.454. The molecule has 1 aliphatic rings. The molecule has 0 spiro atoms. The lowest BCUT2D eigenvalue weighted by Gasteiger charge is -2.31. The van der Waals surface area contributed by atoms with Crippen LogP contribution in [0.15, 0.2) is 69.1 Å². The molecule has 6 heteroatoms. The van der Waals surface area contributed by atoms with Crippen molar-refractivity contribution in [3.63, 3.8) is 0 Å². The van der Waals surface area contributed by atoms with Crippen LogP contribution in [0.2, 0.25) is 0 Å². The summed E-state index contributed by atoms with van der Waals surface area (Å²) in [6, 6.07) is 5.89. The van der Waals surface area contributed by atoms with Crippen LogP contribution in [0.4, 0.5) is 11.4 Å². The first-order valence-corrected chi connectivity index (χ1v) is 9.17. The molecule has 6 nitrogen and oxygen atoms in total. The summed E-state index contributed by atoms with van der Waals surface area (Å²) in [4.78, 5) is 23.3. The first-order chi connectivity index (χ1) is 12.8. The van der Waals surface area contributed by atoms with Gasteiger partial charge in [-0.3, -0.25) is 14.9 Å². The third kappa shape index (κ3) is 4.88. The summed E-state index contributed by atoms with van der Waals surface area (Å²) in [5.41, 5.74) is 2.98. The first kappa shape index (κ1) is 21.4. The fourth-order valence-corrected chi connectivity index (χ4v) is 2.78. The fourth-order valence-electron chi connectivity index (χ4n) is 2.78. The largest absolute Gasteiger partial charge is 0.289 e. The maximum atomic E-state index is 13.0. The van der Waals surface area contributed by atoms with Crippen LogP contribution in [0.3, 0.4) is 0 Å². The van der Waals surface area contributed by atoms with Gasteiger partial charge in [0, 0.05) is 23.3 Å². The minimum absolute atomic E-state index is 0.00956. The van der Waals surface area contributed by atoms with E-state index < -0.39 is 4.92 Å². The molecule has 0 heterocycles. The van der Waals surface area contributed by atoms with E-state index in [2.05, 4.69) is 10.2 Å². The Balaban J connectivity index is 2.46. The molecule has 0 saturated carbocycles. The van der Waals surface area contributed by atoms with Crippen LogP contribution in [0.1, 0.15) is 48.5 Å². The van der Waals surface area contributed by atoms with Crippen molar-refractivity contribution in [1.82, 2.24) is 0 Å². The predicted octanol–water partition coefficient (Wildman–Crippen LogP) is 6.48. The molecular formula is C22H27N3O3. The van der Waals surface area contributed by atoms with E-state index in [9.17, 15) is 14.9 Å². The van der Waals surface area contributed by atoms with Gasteiger partial charge in [-0.2, -0.15) is 10.2 Å². The molecule has 0 amide bonds. The number of benzene rings is 1. The van der Waals surface area contributed by atoms with Gasteiger partial charge in [0.15, 0.2) is 5.78 Å². The second-order valence-corrected chi connectivity index (χ2v) is 8.96. The summed E-state index contributed by atoms with van der Waals surface area (Å²) in [5, 5.41) is 19.2. The smallest absolute Gasteiger partial charge is 0.269 e. The van der Waals surface area contributed by atoms with Crippen molar-refractivity contribution in [3.8, 4) is 0 Å². The minimum Gasteiger partial charge on any atom is -0.289 e.